The predicted molar refractivity (Wildman–Crippen MR) is 433 cm³/mol. The number of primary amides is 1. The number of ether oxygens (including phenoxy) is 5. The summed E-state index contributed by atoms with van der Waals surface area (Å²) in [6.07, 6.45) is 1.22. The van der Waals surface area contributed by atoms with Gasteiger partial charge in [0.1, 0.15) is 61.1 Å². The zero-order valence-electron chi connectivity index (χ0n) is 67.0. The maximum atomic E-state index is 14.7. The van der Waals surface area contributed by atoms with E-state index in [1.165, 1.54) is 0 Å². The van der Waals surface area contributed by atoms with Gasteiger partial charge in [-0.15, -0.1) is 11.8 Å². The number of amides is 13. The Kier molecular flexibility index (Phi) is 49.7. The molecule has 2 aliphatic rings. The van der Waals surface area contributed by atoms with Gasteiger partial charge in [0.25, 0.3) is 0 Å². The zero-order chi connectivity index (χ0) is 85.9. The number of hydrogen-bond donors (Lipinski definition) is 18. The molecule has 1 unspecified atom stereocenters. The van der Waals surface area contributed by atoms with Crippen LogP contribution in [0, 0.1) is 5.92 Å². The zero-order valence-corrected chi connectivity index (χ0v) is 69.4. The van der Waals surface area contributed by atoms with Gasteiger partial charge >= 0.3 is 12.1 Å². The van der Waals surface area contributed by atoms with E-state index in [2.05, 4.69) is 79.3 Å². The number of carboxylic acid groups (broad SMARTS) is 1. The molecule has 2 fully saturated rings. The lowest BCUT2D eigenvalue weighted by Crippen LogP contribution is -2.60. The fourth-order valence-corrected chi connectivity index (χ4v) is 14.1. The fourth-order valence-electron chi connectivity index (χ4n) is 11.0. The van der Waals surface area contributed by atoms with Crippen LogP contribution in [0.5, 0.6) is 0 Å². The van der Waals surface area contributed by atoms with Crippen LogP contribution in [0.1, 0.15) is 137 Å². The van der Waals surface area contributed by atoms with Gasteiger partial charge in [-0.2, -0.15) is 0 Å². The number of hydrogen-bond acceptors (Lipinski definition) is 27. The summed E-state index contributed by atoms with van der Waals surface area (Å²) in [5, 5.41) is 57.7. The molecule has 0 radical (unpaired) electrons. The van der Waals surface area contributed by atoms with Crippen molar-refractivity contribution >= 4 is 134 Å². The van der Waals surface area contributed by atoms with E-state index in [1.807, 2.05) is 13.8 Å². The highest BCUT2D eigenvalue weighted by Gasteiger charge is 2.36. The Morgan fingerprint density at radius 3 is 1.76 bits per heavy atom. The van der Waals surface area contributed by atoms with E-state index >= 15 is 0 Å². The van der Waals surface area contributed by atoms with Crippen LogP contribution >= 0.6 is 33.3 Å². The maximum Gasteiger partial charge on any atom is 0.407 e. The number of carbonyl (C=O) groups excluding carboxylic acids is 14. The Hall–Kier alpha value is -9.14. The number of thioether (sulfide) groups is 1. The van der Waals surface area contributed by atoms with E-state index in [0.29, 0.717) is 56.6 Å². The Labute approximate surface area is 687 Å². The molecule has 40 nitrogen and oxygen atoms in total. The summed E-state index contributed by atoms with van der Waals surface area (Å²) in [6.45, 7) is 11.4. The van der Waals surface area contributed by atoms with Crippen LogP contribution in [0.2, 0.25) is 0 Å². The van der Waals surface area contributed by atoms with Crippen molar-refractivity contribution in [2.75, 3.05) is 122 Å². The minimum absolute atomic E-state index is 0.00728. The van der Waals surface area contributed by atoms with E-state index in [9.17, 15) is 82.2 Å². The number of ketones is 1. The van der Waals surface area contributed by atoms with Gasteiger partial charge in [-0.05, 0) is 124 Å². The molecule has 2 saturated heterocycles. The molecule has 21 N–H and O–H groups in total. The van der Waals surface area contributed by atoms with Gasteiger partial charge in [0.15, 0.2) is 11.7 Å². The van der Waals surface area contributed by atoms with Crippen LogP contribution in [0.3, 0.4) is 0 Å². The number of Topliss-reactive ketones (excluding diaryl/α,β-unsaturated/α-hetero) is 1. The highest BCUT2D eigenvalue weighted by Crippen LogP contribution is 2.25. The highest BCUT2D eigenvalue weighted by molar-refractivity contribution is 8.76. The second-order valence-corrected chi connectivity index (χ2v) is 32.3. The van der Waals surface area contributed by atoms with Crippen LogP contribution in [0.15, 0.2) is 40.5 Å². The number of oxime groups is 1. The summed E-state index contributed by atoms with van der Waals surface area (Å²) in [5.74, 6) is -13.0. The molecular formula is C73H120N18O22S3. The molecule has 3 rings (SSSR count). The van der Waals surface area contributed by atoms with Crippen molar-refractivity contribution in [1.82, 2.24) is 69.1 Å². The first kappa shape index (κ1) is 101. The molecule has 2 aliphatic heterocycles. The first-order chi connectivity index (χ1) is 55.1. The van der Waals surface area contributed by atoms with Crippen LogP contribution < -0.4 is 86.3 Å². The van der Waals surface area contributed by atoms with E-state index < -0.39 is 143 Å². The minimum Gasteiger partial charge on any atom is -0.481 e. The normalized spacial score (nSPS) is 19.7. The van der Waals surface area contributed by atoms with Gasteiger partial charge in [-0.1, -0.05) is 57.1 Å². The number of carbonyl (C=O) groups is 15. The Morgan fingerprint density at radius 2 is 1.14 bits per heavy atom. The quantitative estimate of drug-likeness (QED) is 0.00803. The van der Waals surface area contributed by atoms with Gasteiger partial charge in [0.05, 0.1) is 63.0 Å². The van der Waals surface area contributed by atoms with Gasteiger partial charge in [0.2, 0.25) is 70.9 Å². The highest BCUT2D eigenvalue weighted by atomic mass is 33.1. The number of aliphatic imine (C=N–C) groups is 1. The standard InChI is InChI=1S/C73H120N18O22S3/c1-46(91-108)73(5,6)83-29-24-47(23-28-81-71(107)113-72(2,3)4)22-27-78-59(95)21-12-20-58(94)77-25-11-10-18-51-65(102)89-55-43-115-116-44-56(90-67(104)53(38-62(98)99)85-60(96)39-82-63(100)50(86-68(55)105)19-13-26-80-70(75)76)69(106)87-52(37-48-15-8-7-9-16-48)66(103)88-54(42-114-45-61(97)84-51)64(101)79-30-32-110-34-36-111-35-33-109-31-14-17-49(92)40-112-41-57(74)93/h7-9,15-16,47,50-56,83,108H,10-14,17-45H2,1-6H3,(H2,74,93)(H,77,94)(H,78,95)(H,79,101)(H,81,107)(H,82,100)(H,84,97)(H,85,96)(H,86,105)(H,87,106)(H,88,103)(H,89,102)(H,90,104)(H,98,99)(H4,75,76,80)/b91-46+/t47?,50-,51-,52-,53-,54-,55-,56-/m0/s1. The molecule has 652 valence electrons. The predicted octanol–water partition coefficient (Wildman–Crippen LogP) is -2.47. The smallest absolute Gasteiger partial charge is 0.407 e. The van der Waals surface area contributed by atoms with Crippen LogP contribution in [0.25, 0.3) is 0 Å². The van der Waals surface area contributed by atoms with Crippen molar-refractivity contribution < 1.29 is 106 Å². The molecule has 1 aromatic carbocycles. The van der Waals surface area contributed by atoms with Crippen molar-refractivity contribution in [1.29, 1.82) is 0 Å². The monoisotopic (exact) mass is 1700 g/mol. The first-order valence-electron chi connectivity index (χ1n) is 38.5. The summed E-state index contributed by atoms with van der Waals surface area (Å²) in [6, 6.07) is -2.37. The number of unbranched alkanes of at least 4 members (excludes halogenated alkanes) is 1. The number of aliphatic carboxylic acids is 1. The number of alkyl carbamates (subject to hydrolysis) is 1. The lowest BCUT2D eigenvalue weighted by molar-refractivity contribution is -0.141. The molecule has 2 heterocycles. The largest absolute Gasteiger partial charge is 0.481 e. The third-order valence-corrected chi connectivity index (χ3v) is 20.9. The molecule has 0 spiro atoms. The van der Waals surface area contributed by atoms with E-state index in [1.54, 1.807) is 58.0 Å². The van der Waals surface area contributed by atoms with Crippen molar-refractivity contribution in [3.63, 3.8) is 0 Å². The Bertz CT molecular complexity index is 3390. The Morgan fingerprint density at radius 1 is 0.569 bits per heavy atom. The van der Waals surface area contributed by atoms with Crippen LogP contribution in [0.4, 0.5) is 4.79 Å². The molecule has 8 atom stereocenters. The third-order valence-electron chi connectivity index (χ3n) is 17.4. The Balaban J connectivity index is 1.90. The van der Waals surface area contributed by atoms with E-state index in [4.69, 9.17) is 40.9 Å². The topological polar surface area (TPSA) is 602 Å². The summed E-state index contributed by atoms with van der Waals surface area (Å²) in [4.78, 5) is 206. The number of fused-ring (bicyclic) bond motifs is 5. The van der Waals surface area contributed by atoms with Crippen molar-refractivity contribution in [2.45, 2.75) is 191 Å². The second kappa shape index (κ2) is 57.0. The number of nitrogens with one attached hydrogen (secondary N) is 13. The molecular weight excluding hydrogens is 1580 g/mol. The molecule has 0 saturated carbocycles. The number of rotatable bonds is 46. The molecule has 0 aliphatic carbocycles. The molecule has 0 aromatic heterocycles. The number of carboxylic acids is 1. The van der Waals surface area contributed by atoms with Gasteiger partial charge in [-0.25, -0.2) is 4.79 Å². The summed E-state index contributed by atoms with van der Waals surface area (Å²) >= 11 is 0.882. The number of benzene rings is 1. The number of guanidine groups is 1. The summed E-state index contributed by atoms with van der Waals surface area (Å²) in [5.41, 5.74) is 15.8. The van der Waals surface area contributed by atoms with Crippen LogP contribution in [-0.2, 0) is 97.2 Å². The van der Waals surface area contributed by atoms with Gasteiger partial charge in [0, 0.05) is 82.3 Å². The third kappa shape index (κ3) is 46.6. The van der Waals surface area contributed by atoms with Crippen molar-refractivity contribution in [3.8, 4) is 0 Å². The maximum absolute atomic E-state index is 14.7. The first-order valence-corrected chi connectivity index (χ1v) is 42.1. The lowest BCUT2D eigenvalue weighted by Gasteiger charge is -2.27. The number of nitrogens with zero attached hydrogens (tertiary/aromatic N) is 2. The SMILES string of the molecule is C/C(=N\O)C(C)(C)NCCC(CCNC(=O)CCCC(=O)NCCCC[C@@H]1NC(=O)CSC[C@@H](C(=O)NCCOCCOCCOCCCC(=O)COCC(N)=O)NC(=O)[C@H](Cc2ccccc2)NC(=O)[C@@H]2CSSC[C@H](NC1=O)C(=O)N[C@@H](CCCN=C(N)N)C(=O)NCC(=O)N[C@@H](CC(=O)O)C(=O)N2)CCNC(=O)OC(C)(C)C. The molecule has 2 bridgehead atoms. The second-order valence-electron chi connectivity index (χ2n) is 28.8. The van der Waals surface area contributed by atoms with Gasteiger partial charge in [-0.3, -0.25) is 72.1 Å². The average molecular weight is 1700 g/mol. The van der Waals surface area contributed by atoms with Crippen molar-refractivity contribution in [3.05, 3.63) is 35.9 Å². The fraction of sp³-hybridized carbons (Fsp3) is 0.685. The molecule has 13 amide bonds. The summed E-state index contributed by atoms with van der Waals surface area (Å²) < 4.78 is 27.0. The van der Waals surface area contributed by atoms with Crippen molar-refractivity contribution in [2.24, 2.45) is 33.3 Å². The van der Waals surface area contributed by atoms with E-state index in [0.717, 1.165) is 33.3 Å². The van der Waals surface area contributed by atoms with E-state index in [-0.39, 0.29) is 183 Å². The molecule has 116 heavy (non-hydrogen) atoms. The van der Waals surface area contributed by atoms with Gasteiger partial charge < -0.3 is 120 Å². The van der Waals surface area contributed by atoms with Crippen LogP contribution in [-0.4, -0.2) is 286 Å². The summed E-state index contributed by atoms with van der Waals surface area (Å²) in [7, 11) is 1.80. The lowest BCUT2D eigenvalue weighted by atomic mass is 9.95. The number of nitrogens with two attached hydrogens (primary N) is 3. The minimum atomic E-state index is -1.85. The molecule has 1 aromatic rings. The molecule has 43 heteroatoms. The average Bonchev–Trinajstić information content (AvgIpc) is 0.972.